The molecule has 1 aromatic heterocycles. The van der Waals surface area contributed by atoms with E-state index in [1.807, 2.05) is 0 Å². The summed E-state index contributed by atoms with van der Waals surface area (Å²) in [5.74, 6) is 0.472. The molecule has 0 radical (unpaired) electrons. The summed E-state index contributed by atoms with van der Waals surface area (Å²) in [6.45, 7) is 7.44. The second kappa shape index (κ2) is 5.49. The summed E-state index contributed by atoms with van der Waals surface area (Å²) in [6, 6.07) is 2.34. The van der Waals surface area contributed by atoms with Crippen LogP contribution in [0.15, 0.2) is 11.4 Å². The van der Waals surface area contributed by atoms with E-state index in [-0.39, 0.29) is 12.6 Å². The van der Waals surface area contributed by atoms with Crippen molar-refractivity contribution in [1.82, 2.24) is 5.32 Å². The molecule has 0 aromatic carbocycles. The Labute approximate surface area is 90.0 Å². The molecule has 80 valence electrons. The maximum atomic E-state index is 9.14. The lowest BCUT2D eigenvalue weighted by Gasteiger charge is -2.19. The Balaban J connectivity index is 2.43. The second-order valence-electron chi connectivity index (χ2n) is 3.94. The fourth-order valence-corrected chi connectivity index (χ4v) is 2.18. The standard InChI is InChI=1S/C11H19NOS/c1-8(2)10(7-13)12-6-11-9(3)4-5-14-11/h4-5,8,10,12-13H,6-7H2,1-3H3/t10-/m1/s1. The minimum Gasteiger partial charge on any atom is -0.395 e. The molecule has 1 aromatic rings. The molecule has 0 fully saturated rings. The first-order valence-corrected chi connectivity index (χ1v) is 5.90. The van der Waals surface area contributed by atoms with Crippen molar-refractivity contribution in [1.29, 1.82) is 0 Å². The van der Waals surface area contributed by atoms with Crippen LogP contribution in [0.1, 0.15) is 24.3 Å². The van der Waals surface area contributed by atoms with Crippen LogP contribution in [0.4, 0.5) is 0 Å². The zero-order chi connectivity index (χ0) is 10.6. The van der Waals surface area contributed by atoms with Crippen molar-refractivity contribution in [3.8, 4) is 0 Å². The van der Waals surface area contributed by atoms with Crippen LogP contribution in [0.2, 0.25) is 0 Å². The van der Waals surface area contributed by atoms with Gasteiger partial charge in [-0.1, -0.05) is 13.8 Å². The number of hydrogen-bond acceptors (Lipinski definition) is 3. The molecule has 2 N–H and O–H groups in total. The van der Waals surface area contributed by atoms with Crippen molar-refractivity contribution < 1.29 is 5.11 Å². The van der Waals surface area contributed by atoms with Gasteiger partial charge >= 0.3 is 0 Å². The van der Waals surface area contributed by atoms with E-state index in [0.29, 0.717) is 5.92 Å². The molecule has 3 heteroatoms. The van der Waals surface area contributed by atoms with Crippen LogP contribution in [0.5, 0.6) is 0 Å². The summed E-state index contributed by atoms with van der Waals surface area (Å²) in [5, 5.41) is 14.6. The SMILES string of the molecule is Cc1ccsc1CN[C@H](CO)C(C)C. The Morgan fingerprint density at radius 2 is 2.21 bits per heavy atom. The fourth-order valence-electron chi connectivity index (χ4n) is 1.32. The number of rotatable bonds is 5. The fraction of sp³-hybridized carbons (Fsp3) is 0.636. The Kier molecular flexibility index (Phi) is 4.58. The summed E-state index contributed by atoms with van der Waals surface area (Å²) < 4.78 is 0. The van der Waals surface area contributed by atoms with Gasteiger partial charge in [-0.3, -0.25) is 0 Å². The highest BCUT2D eigenvalue weighted by molar-refractivity contribution is 7.10. The third kappa shape index (κ3) is 3.08. The largest absolute Gasteiger partial charge is 0.395 e. The molecule has 0 bridgehead atoms. The van der Waals surface area contributed by atoms with Gasteiger partial charge < -0.3 is 10.4 Å². The Bertz CT molecular complexity index is 270. The van der Waals surface area contributed by atoms with Crippen LogP contribution >= 0.6 is 11.3 Å². The average Bonchev–Trinajstić information content (AvgIpc) is 2.52. The van der Waals surface area contributed by atoms with Crippen LogP contribution in [0.25, 0.3) is 0 Å². The Morgan fingerprint density at radius 1 is 1.50 bits per heavy atom. The summed E-state index contributed by atoms with van der Waals surface area (Å²) in [7, 11) is 0. The number of aryl methyl sites for hydroxylation is 1. The van der Waals surface area contributed by atoms with Crippen molar-refractivity contribution in [2.45, 2.75) is 33.4 Å². The van der Waals surface area contributed by atoms with E-state index < -0.39 is 0 Å². The first kappa shape index (κ1) is 11.7. The molecule has 2 nitrogen and oxygen atoms in total. The number of nitrogens with one attached hydrogen (secondary N) is 1. The predicted molar refractivity (Wildman–Crippen MR) is 61.6 cm³/mol. The third-order valence-electron chi connectivity index (χ3n) is 2.49. The molecule has 0 saturated carbocycles. The van der Waals surface area contributed by atoms with Crippen molar-refractivity contribution in [2.24, 2.45) is 5.92 Å². The smallest absolute Gasteiger partial charge is 0.0587 e. The highest BCUT2D eigenvalue weighted by Gasteiger charge is 2.11. The number of hydrogen-bond donors (Lipinski definition) is 2. The molecule has 0 amide bonds. The van der Waals surface area contributed by atoms with E-state index in [0.717, 1.165) is 6.54 Å². The van der Waals surface area contributed by atoms with Gasteiger partial charge in [0.2, 0.25) is 0 Å². The summed E-state index contributed by atoms with van der Waals surface area (Å²) >= 11 is 1.77. The van der Waals surface area contributed by atoms with Gasteiger partial charge in [-0.15, -0.1) is 11.3 Å². The number of thiophene rings is 1. The van der Waals surface area contributed by atoms with Gasteiger partial charge in [0.1, 0.15) is 0 Å². The van der Waals surface area contributed by atoms with Gasteiger partial charge in [0, 0.05) is 17.5 Å². The van der Waals surface area contributed by atoms with Crippen LogP contribution in [0, 0.1) is 12.8 Å². The first-order chi connectivity index (χ1) is 6.65. The van der Waals surface area contributed by atoms with E-state index >= 15 is 0 Å². The molecule has 1 atom stereocenters. The molecule has 0 spiro atoms. The van der Waals surface area contributed by atoms with Crippen molar-refractivity contribution >= 4 is 11.3 Å². The molecular formula is C11H19NOS. The van der Waals surface area contributed by atoms with Gasteiger partial charge in [0.25, 0.3) is 0 Å². The molecule has 0 saturated heterocycles. The average molecular weight is 213 g/mol. The second-order valence-corrected chi connectivity index (χ2v) is 4.94. The molecule has 1 rings (SSSR count). The monoisotopic (exact) mass is 213 g/mol. The summed E-state index contributed by atoms with van der Waals surface area (Å²) in [6.07, 6.45) is 0. The molecule has 0 aliphatic carbocycles. The van der Waals surface area contributed by atoms with Gasteiger partial charge in [0.05, 0.1) is 6.61 Å². The minimum absolute atomic E-state index is 0.205. The number of aliphatic hydroxyl groups excluding tert-OH is 1. The molecule has 14 heavy (non-hydrogen) atoms. The lowest BCUT2D eigenvalue weighted by Crippen LogP contribution is -2.36. The zero-order valence-electron chi connectivity index (χ0n) is 9.08. The van der Waals surface area contributed by atoms with E-state index in [1.165, 1.54) is 10.4 Å². The van der Waals surface area contributed by atoms with E-state index in [4.69, 9.17) is 5.11 Å². The van der Waals surface area contributed by atoms with Crippen molar-refractivity contribution in [3.05, 3.63) is 21.9 Å². The lowest BCUT2D eigenvalue weighted by molar-refractivity contribution is 0.210. The quantitative estimate of drug-likeness (QED) is 0.785. The van der Waals surface area contributed by atoms with Crippen LogP contribution in [-0.2, 0) is 6.54 Å². The maximum Gasteiger partial charge on any atom is 0.0587 e. The highest BCUT2D eigenvalue weighted by Crippen LogP contribution is 2.15. The molecular weight excluding hydrogens is 194 g/mol. The van der Waals surface area contributed by atoms with E-state index in [9.17, 15) is 0 Å². The maximum absolute atomic E-state index is 9.14. The summed E-state index contributed by atoms with van der Waals surface area (Å²) in [4.78, 5) is 1.36. The topological polar surface area (TPSA) is 32.3 Å². The molecule has 0 aliphatic rings. The molecule has 1 heterocycles. The van der Waals surface area contributed by atoms with Crippen molar-refractivity contribution in [2.75, 3.05) is 6.61 Å². The van der Waals surface area contributed by atoms with Crippen LogP contribution in [0.3, 0.4) is 0 Å². The first-order valence-electron chi connectivity index (χ1n) is 5.02. The predicted octanol–water partition coefficient (Wildman–Crippen LogP) is 2.16. The van der Waals surface area contributed by atoms with Crippen molar-refractivity contribution in [3.63, 3.8) is 0 Å². The van der Waals surface area contributed by atoms with Gasteiger partial charge in [-0.25, -0.2) is 0 Å². The van der Waals surface area contributed by atoms with Gasteiger partial charge in [-0.2, -0.15) is 0 Å². The van der Waals surface area contributed by atoms with Crippen LogP contribution < -0.4 is 5.32 Å². The minimum atomic E-state index is 0.205. The normalized spacial score (nSPS) is 13.5. The van der Waals surface area contributed by atoms with E-state index in [2.05, 4.69) is 37.5 Å². The van der Waals surface area contributed by atoms with Gasteiger partial charge in [0.15, 0.2) is 0 Å². The van der Waals surface area contributed by atoms with E-state index in [1.54, 1.807) is 11.3 Å². The Morgan fingerprint density at radius 3 is 2.64 bits per heavy atom. The van der Waals surface area contributed by atoms with Gasteiger partial charge in [-0.05, 0) is 29.9 Å². The van der Waals surface area contributed by atoms with Crippen LogP contribution in [-0.4, -0.2) is 17.8 Å². The summed E-state index contributed by atoms with van der Waals surface area (Å²) in [5.41, 5.74) is 1.34. The number of aliphatic hydroxyl groups is 1. The lowest BCUT2D eigenvalue weighted by atomic mass is 10.1. The highest BCUT2D eigenvalue weighted by atomic mass is 32.1. The zero-order valence-corrected chi connectivity index (χ0v) is 9.90. The molecule has 0 aliphatic heterocycles. The molecule has 0 unspecified atom stereocenters. The third-order valence-corrected chi connectivity index (χ3v) is 3.52. The Hall–Kier alpha value is -0.380.